The summed E-state index contributed by atoms with van der Waals surface area (Å²) in [5.74, 6) is -4.74. The van der Waals surface area contributed by atoms with Gasteiger partial charge in [0.05, 0.1) is 11.6 Å². The highest BCUT2D eigenvalue weighted by molar-refractivity contribution is 6.17. The average Bonchev–Trinajstić information content (AvgIpc) is 2.12. The van der Waals surface area contributed by atoms with E-state index in [2.05, 4.69) is 9.72 Å². The highest BCUT2D eigenvalue weighted by atomic mass is 35.5. The summed E-state index contributed by atoms with van der Waals surface area (Å²) in [6, 6.07) is 0.229. The molecular formula is C8H4ClF4NO3. The quantitative estimate of drug-likeness (QED) is 0.679. The Kier molecular flexibility index (Phi) is 3.76. The first kappa shape index (κ1) is 13.5. The summed E-state index contributed by atoms with van der Waals surface area (Å²) in [6.45, 7) is 0. The zero-order valence-corrected chi connectivity index (χ0v) is 8.64. The van der Waals surface area contributed by atoms with Crippen molar-refractivity contribution in [3.63, 3.8) is 0 Å². The van der Waals surface area contributed by atoms with Crippen molar-refractivity contribution in [3.05, 3.63) is 23.1 Å². The Morgan fingerprint density at radius 3 is 2.53 bits per heavy atom. The number of ether oxygens (including phenoxy) is 1. The minimum Gasteiger partial charge on any atom is -0.478 e. The van der Waals surface area contributed by atoms with Gasteiger partial charge in [-0.25, -0.2) is 14.2 Å². The van der Waals surface area contributed by atoms with Gasteiger partial charge in [-0.05, 0) is 0 Å². The number of aromatic carboxylic acids is 1. The number of nitrogens with zero attached hydrogens (tertiary/aromatic N) is 1. The van der Waals surface area contributed by atoms with Crippen LogP contribution >= 0.6 is 11.6 Å². The fourth-order valence-corrected chi connectivity index (χ4v) is 1.23. The van der Waals surface area contributed by atoms with Crippen LogP contribution in [0.1, 0.15) is 16.1 Å². The lowest BCUT2D eigenvalue weighted by Gasteiger charge is -2.10. The van der Waals surface area contributed by atoms with Gasteiger partial charge in [-0.1, -0.05) is 0 Å². The summed E-state index contributed by atoms with van der Waals surface area (Å²) in [7, 11) is 0. The number of halogens is 5. The highest BCUT2D eigenvalue weighted by Gasteiger charge is 2.33. The molecule has 0 radical (unpaired) electrons. The van der Waals surface area contributed by atoms with Gasteiger partial charge < -0.3 is 9.84 Å². The molecule has 0 aromatic carbocycles. The summed E-state index contributed by atoms with van der Waals surface area (Å²) < 4.78 is 52.1. The van der Waals surface area contributed by atoms with Gasteiger partial charge in [0.15, 0.2) is 0 Å². The fraction of sp³-hybridized carbons (Fsp3) is 0.250. The van der Waals surface area contributed by atoms with E-state index in [1.165, 1.54) is 0 Å². The Labute approximate surface area is 96.8 Å². The van der Waals surface area contributed by atoms with E-state index in [1.54, 1.807) is 0 Å². The molecule has 1 heterocycles. The zero-order valence-electron chi connectivity index (χ0n) is 7.89. The van der Waals surface area contributed by atoms with E-state index >= 15 is 0 Å². The number of pyridine rings is 1. The first-order chi connectivity index (χ1) is 7.74. The molecule has 0 bridgehead atoms. The van der Waals surface area contributed by atoms with Gasteiger partial charge in [-0.2, -0.15) is 0 Å². The molecule has 9 heteroatoms. The molecule has 0 amide bonds. The van der Waals surface area contributed by atoms with Crippen molar-refractivity contribution >= 4 is 17.6 Å². The summed E-state index contributed by atoms with van der Waals surface area (Å²) in [5.41, 5.74) is -1.42. The van der Waals surface area contributed by atoms with Crippen molar-refractivity contribution in [1.29, 1.82) is 0 Å². The third-order valence-electron chi connectivity index (χ3n) is 1.58. The van der Waals surface area contributed by atoms with E-state index in [1.807, 2.05) is 0 Å². The van der Waals surface area contributed by atoms with Crippen molar-refractivity contribution in [2.45, 2.75) is 12.2 Å². The molecule has 0 saturated carbocycles. The Hall–Kier alpha value is -1.57. The fourth-order valence-electron chi connectivity index (χ4n) is 1.03. The molecule has 17 heavy (non-hydrogen) atoms. The van der Waals surface area contributed by atoms with Crippen molar-refractivity contribution < 1.29 is 32.2 Å². The Morgan fingerprint density at radius 2 is 2.12 bits per heavy atom. The van der Waals surface area contributed by atoms with E-state index < -0.39 is 41.2 Å². The van der Waals surface area contributed by atoms with Gasteiger partial charge in [0, 0.05) is 6.07 Å². The number of aromatic nitrogens is 1. The number of hydrogen-bond acceptors (Lipinski definition) is 3. The maximum atomic E-state index is 13.2. The Bertz CT molecular complexity index is 449. The molecule has 0 aliphatic heterocycles. The molecule has 0 fully saturated rings. The molecule has 0 saturated heterocycles. The number of hydrogen-bond donors (Lipinski definition) is 1. The third kappa shape index (κ3) is 3.45. The lowest BCUT2D eigenvalue weighted by atomic mass is 10.2. The van der Waals surface area contributed by atoms with E-state index in [0.29, 0.717) is 0 Å². The molecule has 1 aromatic heterocycles. The van der Waals surface area contributed by atoms with Crippen molar-refractivity contribution in [3.8, 4) is 5.88 Å². The standard InChI is InChI=1S/C8H4ClF4NO3/c9-2-4-6(7(15)16)3(10)1-5(14-4)17-8(11,12)13/h1H,2H2,(H,15,16). The molecule has 1 rings (SSSR count). The topological polar surface area (TPSA) is 59.4 Å². The van der Waals surface area contributed by atoms with Crippen LogP contribution in [0, 0.1) is 5.82 Å². The molecule has 0 aliphatic rings. The van der Waals surface area contributed by atoms with Crippen molar-refractivity contribution in [2.24, 2.45) is 0 Å². The van der Waals surface area contributed by atoms with Gasteiger partial charge in [0.25, 0.3) is 0 Å². The molecule has 4 nitrogen and oxygen atoms in total. The van der Waals surface area contributed by atoms with Crippen LogP contribution in [0.2, 0.25) is 0 Å². The van der Waals surface area contributed by atoms with Gasteiger partial charge in [-0.3, -0.25) is 0 Å². The highest BCUT2D eigenvalue weighted by Crippen LogP contribution is 2.24. The maximum absolute atomic E-state index is 13.2. The minimum absolute atomic E-state index is 0.229. The van der Waals surface area contributed by atoms with Gasteiger partial charge in [0.2, 0.25) is 5.88 Å². The molecular weight excluding hydrogens is 270 g/mol. The summed E-state index contributed by atoms with van der Waals surface area (Å²) in [6.07, 6.45) is -5.05. The van der Waals surface area contributed by atoms with Crippen LogP contribution in [0.25, 0.3) is 0 Å². The van der Waals surface area contributed by atoms with Crippen LogP contribution in [0.15, 0.2) is 6.07 Å². The van der Waals surface area contributed by atoms with Crippen LogP contribution in [-0.4, -0.2) is 22.4 Å². The molecule has 0 unspecified atom stereocenters. The molecule has 0 aliphatic carbocycles. The first-order valence-corrected chi connectivity index (χ1v) is 4.52. The number of carboxylic acid groups (broad SMARTS) is 1. The summed E-state index contributed by atoms with van der Waals surface area (Å²) in [5, 5.41) is 8.60. The SMILES string of the molecule is O=C(O)c1c(F)cc(OC(F)(F)F)nc1CCl. The predicted octanol–water partition coefficient (Wildman–Crippen LogP) is 2.56. The second-order valence-electron chi connectivity index (χ2n) is 2.75. The molecule has 1 aromatic rings. The van der Waals surface area contributed by atoms with Crippen LogP contribution in [0.4, 0.5) is 17.6 Å². The number of carbonyl (C=O) groups is 1. The lowest BCUT2D eigenvalue weighted by Crippen LogP contribution is -2.19. The third-order valence-corrected chi connectivity index (χ3v) is 1.84. The molecule has 0 spiro atoms. The van der Waals surface area contributed by atoms with Crippen LogP contribution in [0.3, 0.4) is 0 Å². The Morgan fingerprint density at radius 1 is 1.53 bits per heavy atom. The van der Waals surface area contributed by atoms with E-state index in [9.17, 15) is 22.4 Å². The monoisotopic (exact) mass is 273 g/mol. The maximum Gasteiger partial charge on any atom is 0.574 e. The summed E-state index contributed by atoms with van der Waals surface area (Å²) >= 11 is 5.26. The number of carboxylic acids is 1. The van der Waals surface area contributed by atoms with E-state index in [-0.39, 0.29) is 6.07 Å². The van der Waals surface area contributed by atoms with Crippen LogP contribution < -0.4 is 4.74 Å². The van der Waals surface area contributed by atoms with Gasteiger partial charge in [0.1, 0.15) is 11.4 Å². The van der Waals surface area contributed by atoms with Gasteiger partial charge >= 0.3 is 12.3 Å². The second-order valence-corrected chi connectivity index (χ2v) is 3.02. The predicted molar refractivity (Wildman–Crippen MR) is 47.4 cm³/mol. The smallest absolute Gasteiger partial charge is 0.478 e. The number of rotatable bonds is 3. The minimum atomic E-state index is -5.05. The normalized spacial score (nSPS) is 11.4. The first-order valence-electron chi connectivity index (χ1n) is 3.99. The van der Waals surface area contributed by atoms with Gasteiger partial charge in [-0.15, -0.1) is 24.8 Å². The summed E-state index contributed by atoms with van der Waals surface area (Å²) in [4.78, 5) is 13.8. The molecule has 1 N–H and O–H groups in total. The van der Waals surface area contributed by atoms with Crippen molar-refractivity contribution in [1.82, 2.24) is 4.98 Å². The van der Waals surface area contributed by atoms with E-state index in [0.717, 1.165) is 0 Å². The second kappa shape index (κ2) is 4.74. The Balaban J connectivity index is 3.23. The molecule has 0 atom stereocenters. The lowest BCUT2D eigenvalue weighted by molar-refractivity contribution is -0.276. The van der Waals surface area contributed by atoms with Crippen LogP contribution in [-0.2, 0) is 5.88 Å². The average molecular weight is 274 g/mol. The van der Waals surface area contributed by atoms with Crippen LogP contribution in [0.5, 0.6) is 5.88 Å². The zero-order chi connectivity index (χ0) is 13.2. The number of alkyl halides is 4. The van der Waals surface area contributed by atoms with E-state index in [4.69, 9.17) is 16.7 Å². The largest absolute Gasteiger partial charge is 0.574 e. The van der Waals surface area contributed by atoms with Crippen molar-refractivity contribution in [2.75, 3.05) is 0 Å². The molecule has 94 valence electrons.